The van der Waals surface area contributed by atoms with Crippen molar-refractivity contribution in [2.45, 2.75) is 25.5 Å². The summed E-state index contributed by atoms with van der Waals surface area (Å²) in [5.74, 6) is 2.41. The van der Waals surface area contributed by atoms with Crippen LogP contribution < -0.4 is 9.47 Å². The minimum Gasteiger partial charge on any atom is -0.493 e. The highest BCUT2D eigenvalue weighted by molar-refractivity contribution is 8.03. The van der Waals surface area contributed by atoms with Gasteiger partial charge in [-0.2, -0.15) is 5.26 Å². The summed E-state index contributed by atoms with van der Waals surface area (Å²) >= 11 is 1.52. The number of allylic oxidation sites excluding steroid dienone is 1. The van der Waals surface area contributed by atoms with Crippen LogP contribution in [0.2, 0.25) is 0 Å². The van der Waals surface area contributed by atoms with E-state index in [1.54, 1.807) is 18.3 Å². The molecule has 0 bridgehead atoms. The summed E-state index contributed by atoms with van der Waals surface area (Å²) in [5.41, 5.74) is 2.54. The Balaban J connectivity index is 1.36. The second-order valence-corrected chi connectivity index (χ2v) is 9.35. The number of hydrogen-bond donors (Lipinski definition) is 0. The molecule has 2 aliphatic heterocycles. The number of fused-ring (bicyclic) bond motifs is 1. The molecule has 7 nitrogen and oxygen atoms in total. The maximum absolute atomic E-state index is 13.2. The van der Waals surface area contributed by atoms with Gasteiger partial charge in [0, 0.05) is 12.3 Å². The summed E-state index contributed by atoms with van der Waals surface area (Å²) in [5, 5.41) is 10.8. The van der Waals surface area contributed by atoms with Gasteiger partial charge >= 0.3 is 0 Å². The van der Waals surface area contributed by atoms with Gasteiger partial charge in [0.15, 0.2) is 11.5 Å². The lowest BCUT2D eigenvalue weighted by molar-refractivity contribution is -0.132. The molecular formula is C27H25N3O4S. The van der Waals surface area contributed by atoms with Crippen molar-refractivity contribution in [2.24, 2.45) is 0 Å². The van der Waals surface area contributed by atoms with Crippen molar-refractivity contribution in [3.63, 3.8) is 0 Å². The first-order chi connectivity index (χ1) is 17.2. The number of methoxy groups -OCH3 is 1. The summed E-state index contributed by atoms with van der Waals surface area (Å²) < 4.78 is 17.0. The summed E-state index contributed by atoms with van der Waals surface area (Å²) in [6.07, 6.45) is 1.88. The number of thioether (sulfide) groups is 1. The van der Waals surface area contributed by atoms with Crippen molar-refractivity contribution >= 4 is 17.7 Å². The van der Waals surface area contributed by atoms with E-state index >= 15 is 0 Å². The zero-order valence-corrected chi connectivity index (χ0v) is 20.2. The standard InChI is InChI=1S/C27H25N3O4S/c1-32-25-12-20(9-10-24(25)34-16-19-6-3-2-4-7-19)22-13-26(31)30-17-29(15-21-8-5-11-33-21)18-35-27(30)23(22)14-28/h2-12,22H,13,15-18H2,1H3/t22-/m0/s1. The Bertz CT molecular complexity index is 1270. The highest BCUT2D eigenvalue weighted by atomic mass is 32.2. The lowest BCUT2D eigenvalue weighted by atomic mass is 9.86. The molecule has 8 heteroatoms. The lowest BCUT2D eigenvalue weighted by Crippen LogP contribution is -2.46. The van der Waals surface area contributed by atoms with E-state index in [1.165, 1.54) is 11.8 Å². The first kappa shape index (κ1) is 23.1. The maximum Gasteiger partial charge on any atom is 0.229 e. The molecular weight excluding hydrogens is 462 g/mol. The summed E-state index contributed by atoms with van der Waals surface area (Å²) in [4.78, 5) is 17.0. The minimum absolute atomic E-state index is 0.00372. The maximum atomic E-state index is 13.2. The molecule has 0 spiro atoms. The number of rotatable bonds is 7. The van der Waals surface area contributed by atoms with E-state index in [4.69, 9.17) is 13.9 Å². The van der Waals surface area contributed by atoms with E-state index in [9.17, 15) is 10.1 Å². The average molecular weight is 488 g/mol. The molecule has 1 amide bonds. The molecule has 0 N–H and O–H groups in total. The molecule has 178 valence electrons. The van der Waals surface area contributed by atoms with Crippen LogP contribution >= 0.6 is 11.8 Å². The van der Waals surface area contributed by atoms with Gasteiger partial charge < -0.3 is 13.9 Å². The summed E-state index contributed by atoms with van der Waals surface area (Å²) in [7, 11) is 1.59. The molecule has 0 radical (unpaired) electrons. The number of benzene rings is 2. The summed E-state index contributed by atoms with van der Waals surface area (Å²) in [6.45, 7) is 1.48. The zero-order chi connectivity index (χ0) is 24.2. The predicted molar refractivity (Wildman–Crippen MR) is 132 cm³/mol. The first-order valence-electron chi connectivity index (χ1n) is 11.3. The van der Waals surface area contributed by atoms with Gasteiger partial charge in [-0.3, -0.25) is 14.6 Å². The molecule has 1 saturated heterocycles. The van der Waals surface area contributed by atoms with Gasteiger partial charge in [0.05, 0.1) is 49.1 Å². The lowest BCUT2D eigenvalue weighted by Gasteiger charge is -2.41. The van der Waals surface area contributed by atoms with E-state index in [0.717, 1.165) is 21.9 Å². The second kappa shape index (κ2) is 10.3. The molecule has 0 saturated carbocycles. The van der Waals surface area contributed by atoms with Crippen molar-refractivity contribution in [1.82, 2.24) is 9.80 Å². The van der Waals surface area contributed by atoms with Crippen molar-refractivity contribution in [3.05, 3.63) is 94.4 Å². The Morgan fingerprint density at radius 3 is 2.74 bits per heavy atom. The van der Waals surface area contributed by atoms with Crippen LogP contribution in [-0.4, -0.2) is 35.4 Å². The van der Waals surface area contributed by atoms with Gasteiger partial charge in [-0.1, -0.05) is 48.2 Å². The molecule has 1 atom stereocenters. The average Bonchev–Trinajstić information content (AvgIpc) is 3.41. The fourth-order valence-electron chi connectivity index (χ4n) is 4.37. The van der Waals surface area contributed by atoms with Crippen LogP contribution in [0.15, 0.2) is 81.9 Å². The normalized spacial score (nSPS) is 18.2. The fourth-order valence-corrected chi connectivity index (χ4v) is 5.51. The van der Waals surface area contributed by atoms with Crippen LogP contribution in [0.3, 0.4) is 0 Å². The number of ether oxygens (including phenoxy) is 2. The van der Waals surface area contributed by atoms with Crippen LogP contribution in [0, 0.1) is 11.3 Å². The molecule has 2 aliphatic rings. The fraction of sp³-hybridized carbons (Fsp3) is 0.259. The Morgan fingerprint density at radius 1 is 1.14 bits per heavy atom. The number of furan rings is 1. The number of nitrogens with zero attached hydrogens (tertiary/aromatic N) is 3. The number of nitriles is 1. The van der Waals surface area contributed by atoms with Crippen LogP contribution in [-0.2, 0) is 17.9 Å². The van der Waals surface area contributed by atoms with Crippen molar-refractivity contribution < 1.29 is 18.7 Å². The van der Waals surface area contributed by atoms with Gasteiger partial charge in [0.1, 0.15) is 12.4 Å². The van der Waals surface area contributed by atoms with E-state index in [2.05, 4.69) is 11.0 Å². The predicted octanol–water partition coefficient (Wildman–Crippen LogP) is 5.08. The quantitative estimate of drug-likeness (QED) is 0.460. The SMILES string of the molecule is COc1cc([C@@H]2CC(=O)N3CN(Cc4ccco4)CSC3=C2C#N)ccc1OCc1ccccc1. The van der Waals surface area contributed by atoms with E-state index in [1.807, 2.05) is 60.7 Å². The molecule has 0 aliphatic carbocycles. The molecule has 3 aromatic rings. The van der Waals surface area contributed by atoms with Gasteiger partial charge in [-0.15, -0.1) is 0 Å². The van der Waals surface area contributed by atoms with Crippen LogP contribution in [0.1, 0.15) is 29.2 Å². The van der Waals surface area contributed by atoms with Crippen molar-refractivity contribution in [3.8, 4) is 17.6 Å². The highest BCUT2D eigenvalue weighted by Gasteiger charge is 2.38. The van der Waals surface area contributed by atoms with Gasteiger partial charge in [0.2, 0.25) is 5.91 Å². The number of amides is 1. The van der Waals surface area contributed by atoms with E-state index < -0.39 is 0 Å². The van der Waals surface area contributed by atoms with Gasteiger partial charge in [-0.25, -0.2) is 0 Å². The highest BCUT2D eigenvalue weighted by Crippen LogP contribution is 2.44. The Kier molecular flexibility index (Phi) is 6.80. The van der Waals surface area contributed by atoms with Crippen molar-refractivity contribution in [2.75, 3.05) is 19.7 Å². The molecule has 2 aromatic carbocycles. The Morgan fingerprint density at radius 2 is 2.00 bits per heavy atom. The monoisotopic (exact) mass is 487 g/mol. The number of carbonyl (C=O) groups is 1. The minimum atomic E-state index is -0.319. The smallest absolute Gasteiger partial charge is 0.229 e. The third-order valence-corrected chi connectivity index (χ3v) is 7.34. The van der Waals surface area contributed by atoms with Gasteiger partial charge in [0.25, 0.3) is 0 Å². The molecule has 35 heavy (non-hydrogen) atoms. The molecule has 5 rings (SSSR count). The Labute approximate surface area is 208 Å². The third kappa shape index (κ3) is 4.92. The van der Waals surface area contributed by atoms with E-state index in [-0.39, 0.29) is 18.2 Å². The third-order valence-electron chi connectivity index (χ3n) is 6.14. The van der Waals surface area contributed by atoms with Crippen LogP contribution in [0.5, 0.6) is 11.5 Å². The van der Waals surface area contributed by atoms with Crippen molar-refractivity contribution in [1.29, 1.82) is 5.26 Å². The zero-order valence-electron chi connectivity index (χ0n) is 19.3. The summed E-state index contributed by atoms with van der Waals surface area (Å²) in [6, 6.07) is 21.7. The van der Waals surface area contributed by atoms with E-state index in [0.29, 0.717) is 42.8 Å². The molecule has 0 unspecified atom stereocenters. The molecule has 3 heterocycles. The van der Waals surface area contributed by atoms with Gasteiger partial charge in [-0.05, 0) is 35.4 Å². The molecule has 1 fully saturated rings. The number of hydrogen-bond acceptors (Lipinski definition) is 7. The first-order valence-corrected chi connectivity index (χ1v) is 12.3. The largest absolute Gasteiger partial charge is 0.493 e. The Hall–Kier alpha value is -3.67. The van der Waals surface area contributed by atoms with Crippen LogP contribution in [0.4, 0.5) is 0 Å². The topological polar surface area (TPSA) is 78.9 Å². The molecule has 1 aromatic heterocycles. The number of carbonyl (C=O) groups excluding carboxylic acids is 1. The second-order valence-electron chi connectivity index (χ2n) is 8.42. The van der Waals surface area contributed by atoms with Crippen LogP contribution in [0.25, 0.3) is 0 Å².